The number of nitrogens with one attached hydrogen (secondary N) is 1. The summed E-state index contributed by atoms with van der Waals surface area (Å²) in [5.74, 6) is -0.0778. The summed E-state index contributed by atoms with van der Waals surface area (Å²) in [4.78, 5) is 21.3. The number of pyridine rings is 1. The smallest absolute Gasteiger partial charge is 0.274 e. The van der Waals surface area contributed by atoms with Crippen LogP contribution in [0, 0.1) is 5.82 Å². The Balaban J connectivity index is 1.38. The molecule has 1 aromatic carbocycles. The van der Waals surface area contributed by atoms with Gasteiger partial charge in [0.15, 0.2) is 5.82 Å². The first-order valence-corrected chi connectivity index (χ1v) is 10.3. The van der Waals surface area contributed by atoms with E-state index in [2.05, 4.69) is 31.6 Å². The van der Waals surface area contributed by atoms with Gasteiger partial charge in [-0.25, -0.2) is 4.39 Å². The van der Waals surface area contributed by atoms with Gasteiger partial charge in [0, 0.05) is 42.2 Å². The standard InChI is InChI=1S/C23H21FN6O/c24-18-10-17(22-29-27-14-30(22)20-3-4-20)11-19(13-18)28-23(31)21-12-16(6-9-26-21)15-2-1-7-25-8-5-15/h1-2,6-7,9-15,20H,3-5,8H2,(H,28,31). The number of nitrogens with zero attached hydrogens (tertiary/aromatic N) is 5. The lowest BCUT2D eigenvalue weighted by Crippen LogP contribution is -2.14. The molecule has 5 rings (SSSR count). The van der Waals surface area contributed by atoms with E-state index in [0.717, 1.165) is 31.4 Å². The van der Waals surface area contributed by atoms with Crippen molar-refractivity contribution in [1.82, 2.24) is 19.7 Å². The summed E-state index contributed by atoms with van der Waals surface area (Å²) >= 11 is 0. The molecule has 2 aromatic heterocycles. The Bertz CT molecular complexity index is 1180. The molecule has 2 aliphatic rings. The number of allylic oxidation sites excluding steroid dienone is 2. The molecule has 0 bridgehead atoms. The fraction of sp³-hybridized carbons (Fsp3) is 0.261. The van der Waals surface area contributed by atoms with E-state index in [9.17, 15) is 9.18 Å². The molecule has 0 saturated heterocycles. The maximum absolute atomic E-state index is 14.3. The van der Waals surface area contributed by atoms with Crippen LogP contribution in [0.5, 0.6) is 0 Å². The summed E-state index contributed by atoms with van der Waals surface area (Å²) in [6.07, 6.45) is 12.1. The maximum atomic E-state index is 14.3. The van der Waals surface area contributed by atoms with Gasteiger partial charge in [-0.1, -0.05) is 6.08 Å². The molecular weight excluding hydrogens is 395 g/mol. The fourth-order valence-corrected chi connectivity index (χ4v) is 3.76. The van der Waals surface area contributed by atoms with E-state index in [1.807, 2.05) is 16.7 Å². The number of anilines is 1. The molecule has 1 fully saturated rings. The molecule has 156 valence electrons. The van der Waals surface area contributed by atoms with Crippen molar-refractivity contribution >= 4 is 17.8 Å². The monoisotopic (exact) mass is 416 g/mol. The van der Waals surface area contributed by atoms with Crippen LogP contribution in [-0.2, 0) is 0 Å². The lowest BCUT2D eigenvalue weighted by Gasteiger charge is -2.12. The van der Waals surface area contributed by atoms with Crippen molar-refractivity contribution in [2.24, 2.45) is 4.99 Å². The van der Waals surface area contributed by atoms with Gasteiger partial charge in [0.1, 0.15) is 17.8 Å². The van der Waals surface area contributed by atoms with Gasteiger partial charge in [-0.05, 0) is 61.2 Å². The van der Waals surface area contributed by atoms with Crippen molar-refractivity contribution in [2.75, 3.05) is 11.9 Å². The molecule has 1 atom stereocenters. The van der Waals surface area contributed by atoms with Crippen LogP contribution in [0.15, 0.2) is 60.0 Å². The summed E-state index contributed by atoms with van der Waals surface area (Å²) in [6, 6.07) is 8.44. The Hall–Kier alpha value is -3.68. The molecule has 0 spiro atoms. The van der Waals surface area contributed by atoms with Crippen LogP contribution in [0.4, 0.5) is 10.1 Å². The average Bonchev–Trinajstić information content (AvgIpc) is 3.56. The molecular formula is C23H21FN6O. The van der Waals surface area contributed by atoms with Crippen LogP contribution in [0.3, 0.4) is 0 Å². The minimum atomic E-state index is -0.455. The Morgan fingerprint density at radius 1 is 1.16 bits per heavy atom. The zero-order valence-corrected chi connectivity index (χ0v) is 16.8. The summed E-state index contributed by atoms with van der Waals surface area (Å²) in [5.41, 5.74) is 2.20. The van der Waals surface area contributed by atoms with E-state index in [4.69, 9.17) is 0 Å². The van der Waals surface area contributed by atoms with Crippen molar-refractivity contribution in [3.05, 3.63) is 72.1 Å². The van der Waals surface area contributed by atoms with Crippen LogP contribution >= 0.6 is 0 Å². The first kappa shape index (κ1) is 19.3. The Kier molecular flexibility index (Phi) is 5.11. The molecule has 1 amide bonds. The van der Waals surface area contributed by atoms with E-state index < -0.39 is 11.7 Å². The van der Waals surface area contributed by atoms with E-state index in [1.54, 1.807) is 30.9 Å². The second kappa shape index (κ2) is 8.22. The number of halogens is 1. The van der Waals surface area contributed by atoms with Crippen LogP contribution in [-0.4, -0.2) is 38.4 Å². The van der Waals surface area contributed by atoms with E-state index in [0.29, 0.717) is 23.1 Å². The molecule has 3 aromatic rings. The minimum Gasteiger partial charge on any atom is -0.321 e. The predicted octanol–water partition coefficient (Wildman–Crippen LogP) is 4.18. The van der Waals surface area contributed by atoms with Gasteiger partial charge in [0.25, 0.3) is 5.91 Å². The molecule has 0 radical (unpaired) electrons. The van der Waals surface area contributed by atoms with Gasteiger partial charge >= 0.3 is 0 Å². The highest BCUT2D eigenvalue weighted by Gasteiger charge is 2.27. The topological polar surface area (TPSA) is 85.1 Å². The van der Waals surface area contributed by atoms with Gasteiger partial charge in [0.05, 0.1) is 0 Å². The number of carbonyl (C=O) groups is 1. The lowest BCUT2D eigenvalue weighted by molar-refractivity contribution is 0.102. The number of rotatable bonds is 5. The SMILES string of the molecule is O=C(Nc1cc(F)cc(-c2nncn2C2CC2)c1)c1cc(C2C=CC=NCC2)ccn1. The van der Waals surface area contributed by atoms with Crippen LogP contribution in [0.2, 0.25) is 0 Å². The molecule has 3 heterocycles. The normalized spacial score (nSPS) is 18.0. The fourth-order valence-electron chi connectivity index (χ4n) is 3.76. The van der Waals surface area contributed by atoms with Gasteiger partial charge in [-0.2, -0.15) is 0 Å². The highest BCUT2D eigenvalue weighted by atomic mass is 19.1. The highest BCUT2D eigenvalue weighted by Crippen LogP contribution is 2.38. The zero-order chi connectivity index (χ0) is 21.2. The third kappa shape index (κ3) is 4.28. The van der Waals surface area contributed by atoms with Crippen LogP contribution in [0.1, 0.15) is 47.3 Å². The molecule has 1 saturated carbocycles. The predicted molar refractivity (Wildman–Crippen MR) is 116 cm³/mol. The lowest BCUT2D eigenvalue weighted by atomic mass is 9.96. The summed E-state index contributed by atoms with van der Waals surface area (Å²) in [6.45, 7) is 0.735. The van der Waals surface area contributed by atoms with Gasteiger partial charge in [-0.3, -0.25) is 14.8 Å². The van der Waals surface area contributed by atoms with Crippen LogP contribution in [0.25, 0.3) is 11.4 Å². The number of aromatic nitrogens is 4. The van der Waals surface area contributed by atoms with Crippen molar-refractivity contribution in [3.63, 3.8) is 0 Å². The van der Waals surface area contributed by atoms with Crippen LogP contribution < -0.4 is 5.32 Å². The summed E-state index contributed by atoms with van der Waals surface area (Å²) < 4.78 is 16.3. The Morgan fingerprint density at radius 2 is 2.06 bits per heavy atom. The third-order valence-corrected chi connectivity index (χ3v) is 5.48. The van der Waals surface area contributed by atoms with Gasteiger partial charge in [-0.15, -0.1) is 10.2 Å². The molecule has 31 heavy (non-hydrogen) atoms. The van der Waals surface area contributed by atoms with Crippen molar-refractivity contribution in [3.8, 4) is 11.4 Å². The van der Waals surface area contributed by atoms with Gasteiger partial charge < -0.3 is 9.88 Å². The van der Waals surface area contributed by atoms with Gasteiger partial charge in [0.2, 0.25) is 0 Å². The first-order valence-electron chi connectivity index (χ1n) is 10.3. The summed E-state index contributed by atoms with van der Waals surface area (Å²) in [7, 11) is 0. The minimum absolute atomic E-state index is 0.173. The second-order valence-electron chi connectivity index (χ2n) is 7.79. The second-order valence-corrected chi connectivity index (χ2v) is 7.79. The quantitative estimate of drug-likeness (QED) is 0.676. The molecule has 1 N–H and O–H groups in total. The molecule has 1 aliphatic heterocycles. The highest BCUT2D eigenvalue weighted by molar-refractivity contribution is 6.03. The largest absolute Gasteiger partial charge is 0.321 e. The molecule has 1 aliphatic carbocycles. The zero-order valence-electron chi connectivity index (χ0n) is 16.8. The molecule has 7 nitrogen and oxygen atoms in total. The average molecular weight is 416 g/mol. The van der Waals surface area contributed by atoms with E-state index >= 15 is 0 Å². The van der Waals surface area contributed by atoms with E-state index in [1.165, 1.54) is 12.1 Å². The van der Waals surface area contributed by atoms with Crippen molar-refractivity contribution in [2.45, 2.75) is 31.2 Å². The Labute approximate surface area is 178 Å². The first-order chi connectivity index (χ1) is 15.2. The molecule has 8 heteroatoms. The number of aliphatic imine (C=N–C) groups is 1. The Morgan fingerprint density at radius 3 is 2.94 bits per heavy atom. The maximum Gasteiger partial charge on any atom is 0.274 e. The number of amides is 1. The number of carbonyl (C=O) groups excluding carboxylic acids is 1. The third-order valence-electron chi connectivity index (χ3n) is 5.48. The molecule has 1 unspecified atom stereocenters. The van der Waals surface area contributed by atoms with Crippen molar-refractivity contribution in [1.29, 1.82) is 0 Å². The number of hydrogen-bond donors (Lipinski definition) is 1. The number of benzene rings is 1. The number of hydrogen-bond acceptors (Lipinski definition) is 5. The summed E-state index contributed by atoms with van der Waals surface area (Å²) in [5, 5.41) is 10.9. The van der Waals surface area contributed by atoms with E-state index in [-0.39, 0.29) is 11.6 Å². The van der Waals surface area contributed by atoms with Crippen molar-refractivity contribution < 1.29 is 9.18 Å².